The van der Waals surface area contributed by atoms with Crippen molar-refractivity contribution in [1.82, 2.24) is 0 Å². The molecule has 0 aliphatic heterocycles. The summed E-state index contributed by atoms with van der Waals surface area (Å²) in [4.78, 5) is 10.1. The van der Waals surface area contributed by atoms with E-state index in [9.17, 15) is 4.79 Å². The number of rotatable bonds is 1. The highest BCUT2D eigenvalue weighted by Crippen LogP contribution is 1.86. The molecule has 0 rings (SSSR count). The molecule has 2 nitrogen and oxygen atoms in total. The largest absolute Gasteiger partial charge is 0.448 e. The Balaban J connectivity index is 3.37. The van der Waals surface area contributed by atoms with E-state index < -0.39 is 0 Å². The van der Waals surface area contributed by atoms with Crippen molar-refractivity contribution in [2.75, 3.05) is 0 Å². The van der Waals surface area contributed by atoms with Crippen LogP contribution in [-0.2, 0) is 9.32 Å². The van der Waals surface area contributed by atoms with Gasteiger partial charge in [0.05, 0.1) is 9.47 Å². The molecule has 7 heavy (non-hydrogen) atoms. The molecule has 0 fully saturated rings. The second kappa shape index (κ2) is 3.82. The van der Waals surface area contributed by atoms with Crippen molar-refractivity contribution in [3.8, 4) is 0 Å². The van der Waals surface area contributed by atoms with Crippen LogP contribution in [0.15, 0.2) is 12.2 Å². The Labute approximate surface area is 44.8 Å². The topological polar surface area (TPSA) is 26.3 Å². The molecule has 0 radical (unpaired) electrons. The fraction of sp³-hybridized carbons (Fsp3) is 0.250. The molecule has 0 saturated carbocycles. The molecule has 1 unspecified atom stereocenters. The monoisotopic (exact) mass is 118 g/mol. The summed E-state index contributed by atoms with van der Waals surface area (Å²) in [5, 5.41) is 0. The lowest BCUT2D eigenvalue weighted by Crippen LogP contribution is -1.86. The van der Waals surface area contributed by atoms with Crippen LogP contribution < -0.4 is 0 Å². The first-order valence-electron chi connectivity index (χ1n) is 1.84. The predicted molar refractivity (Wildman–Crippen MR) is 30.6 cm³/mol. The van der Waals surface area contributed by atoms with Crippen LogP contribution in [0.1, 0.15) is 6.92 Å². The molecule has 0 amide bonds. The highest BCUT2D eigenvalue weighted by atomic mass is 31.0. The zero-order valence-corrected chi connectivity index (χ0v) is 5.20. The van der Waals surface area contributed by atoms with Crippen molar-refractivity contribution in [3.63, 3.8) is 0 Å². The summed E-state index contributed by atoms with van der Waals surface area (Å²) in [5.74, 6) is -0.340. The Bertz CT molecular complexity index is 87.7. The fourth-order valence-corrected chi connectivity index (χ4v) is 0.254. The molecule has 40 valence electrons. The minimum absolute atomic E-state index is 0.340. The van der Waals surface area contributed by atoms with Gasteiger partial charge in [0.25, 0.3) is 0 Å². The van der Waals surface area contributed by atoms with Crippen LogP contribution in [0.2, 0.25) is 0 Å². The fourth-order valence-electron chi connectivity index (χ4n) is 0.175. The van der Waals surface area contributed by atoms with Gasteiger partial charge in [-0.2, -0.15) is 0 Å². The molecule has 0 aromatic heterocycles. The van der Waals surface area contributed by atoms with E-state index in [1.165, 1.54) is 6.08 Å². The van der Waals surface area contributed by atoms with Crippen LogP contribution in [-0.4, -0.2) is 5.97 Å². The first-order valence-corrected chi connectivity index (χ1v) is 2.31. The van der Waals surface area contributed by atoms with Gasteiger partial charge < -0.3 is 4.52 Å². The molecule has 0 aliphatic carbocycles. The second-order valence-electron chi connectivity index (χ2n) is 0.937. The molecule has 3 heteroatoms. The highest BCUT2D eigenvalue weighted by molar-refractivity contribution is 7.10. The zero-order chi connectivity index (χ0) is 5.70. The molecule has 0 aliphatic rings. The summed E-state index contributed by atoms with van der Waals surface area (Å²) >= 11 is 0. The lowest BCUT2D eigenvalue weighted by molar-refractivity contribution is -0.127. The van der Waals surface area contributed by atoms with E-state index in [4.69, 9.17) is 0 Å². The van der Waals surface area contributed by atoms with E-state index >= 15 is 0 Å². The SMILES string of the molecule is CC=CC(=O)OP. The molecular formula is C4H7O2P. The van der Waals surface area contributed by atoms with Gasteiger partial charge in [-0.15, -0.1) is 0 Å². The van der Waals surface area contributed by atoms with E-state index in [0.717, 1.165) is 0 Å². The van der Waals surface area contributed by atoms with E-state index in [0.29, 0.717) is 0 Å². The third-order valence-corrected chi connectivity index (χ3v) is 0.651. The number of carbonyl (C=O) groups excluding carboxylic acids is 1. The van der Waals surface area contributed by atoms with Gasteiger partial charge in [-0.3, -0.25) is 0 Å². The smallest absolute Gasteiger partial charge is 0.332 e. The Hall–Kier alpha value is -0.360. The van der Waals surface area contributed by atoms with Crippen molar-refractivity contribution < 1.29 is 9.32 Å². The summed E-state index contributed by atoms with van der Waals surface area (Å²) in [6, 6.07) is 0. The predicted octanol–water partition coefficient (Wildman–Crippen LogP) is 0.896. The number of hydrogen-bond donors (Lipinski definition) is 0. The van der Waals surface area contributed by atoms with Gasteiger partial charge in [-0.25, -0.2) is 4.79 Å². The van der Waals surface area contributed by atoms with Crippen LogP contribution in [0, 0.1) is 0 Å². The maximum atomic E-state index is 10.1. The first-order chi connectivity index (χ1) is 3.31. The summed E-state index contributed by atoms with van der Waals surface area (Å²) < 4.78 is 4.18. The molecule has 0 N–H and O–H groups in total. The lowest BCUT2D eigenvalue weighted by atomic mass is 10.5. The van der Waals surface area contributed by atoms with Crippen molar-refractivity contribution in [2.24, 2.45) is 0 Å². The molecule has 0 aromatic carbocycles. The van der Waals surface area contributed by atoms with Gasteiger partial charge in [0, 0.05) is 6.08 Å². The second-order valence-corrected chi connectivity index (χ2v) is 1.17. The highest BCUT2D eigenvalue weighted by Gasteiger charge is 1.84. The number of carbonyl (C=O) groups is 1. The van der Waals surface area contributed by atoms with Crippen LogP contribution in [0.4, 0.5) is 0 Å². The minimum Gasteiger partial charge on any atom is -0.448 e. The van der Waals surface area contributed by atoms with E-state index in [2.05, 4.69) is 4.52 Å². The third kappa shape index (κ3) is 3.47. The van der Waals surface area contributed by atoms with E-state index in [1.807, 2.05) is 9.47 Å². The molecule has 0 spiro atoms. The molecule has 0 bridgehead atoms. The van der Waals surface area contributed by atoms with Crippen molar-refractivity contribution >= 4 is 15.4 Å². The Morgan fingerprint density at radius 1 is 1.86 bits per heavy atom. The summed E-state index contributed by atoms with van der Waals surface area (Å²) in [5.41, 5.74) is 0. The van der Waals surface area contributed by atoms with Gasteiger partial charge in [-0.05, 0) is 6.92 Å². The molecular weight excluding hydrogens is 111 g/mol. The number of hydrogen-bond acceptors (Lipinski definition) is 2. The maximum absolute atomic E-state index is 10.1. The molecule has 1 atom stereocenters. The van der Waals surface area contributed by atoms with Gasteiger partial charge in [0.15, 0.2) is 0 Å². The van der Waals surface area contributed by atoms with Gasteiger partial charge in [0.1, 0.15) is 0 Å². The van der Waals surface area contributed by atoms with Crippen LogP contribution in [0.25, 0.3) is 0 Å². The third-order valence-electron chi connectivity index (χ3n) is 0.419. The summed E-state index contributed by atoms with van der Waals surface area (Å²) in [7, 11) is 1.87. The average molecular weight is 118 g/mol. The lowest BCUT2D eigenvalue weighted by Gasteiger charge is -1.84. The van der Waals surface area contributed by atoms with Crippen molar-refractivity contribution in [2.45, 2.75) is 6.92 Å². The van der Waals surface area contributed by atoms with Crippen LogP contribution in [0.5, 0.6) is 0 Å². The Morgan fingerprint density at radius 2 is 2.43 bits per heavy atom. The quantitative estimate of drug-likeness (QED) is 0.377. The van der Waals surface area contributed by atoms with E-state index in [1.54, 1.807) is 13.0 Å². The van der Waals surface area contributed by atoms with Crippen LogP contribution in [0.3, 0.4) is 0 Å². The van der Waals surface area contributed by atoms with E-state index in [-0.39, 0.29) is 5.97 Å². The van der Waals surface area contributed by atoms with Crippen molar-refractivity contribution in [3.05, 3.63) is 12.2 Å². The van der Waals surface area contributed by atoms with Crippen LogP contribution >= 0.6 is 9.47 Å². The maximum Gasteiger partial charge on any atom is 0.332 e. The normalized spacial score (nSPS) is 9.43. The average Bonchev–Trinajstić information content (AvgIpc) is 1.68. The van der Waals surface area contributed by atoms with Crippen molar-refractivity contribution in [1.29, 1.82) is 0 Å². The van der Waals surface area contributed by atoms with Gasteiger partial charge in [-0.1, -0.05) is 6.08 Å². The first kappa shape index (κ1) is 6.64. The summed E-state index contributed by atoms with van der Waals surface area (Å²) in [6.07, 6.45) is 2.96. The zero-order valence-electron chi connectivity index (χ0n) is 4.05. The van der Waals surface area contributed by atoms with Gasteiger partial charge in [0.2, 0.25) is 0 Å². The number of allylic oxidation sites excluding steroid dienone is 1. The standard InChI is InChI=1S/C4H7O2P/c1-2-3-4(5)6-7/h2-3H,7H2,1H3. The molecule has 0 saturated heterocycles. The summed E-state index contributed by atoms with van der Waals surface area (Å²) in [6.45, 7) is 1.75. The molecule has 0 heterocycles. The Kier molecular flexibility index (Phi) is 3.62. The molecule has 0 aromatic rings. The Morgan fingerprint density at radius 3 is 2.57 bits per heavy atom. The van der Waals surface area contributed by atoms with Gasteiger partial charge >= 0.3 is 5.97 Å². The minimum atomic E-state index is -0.340.